The van der Waals surface area contributed by atoms with Crippen molar-refractivity contribution in [3.05, 3.63) is 28.7 Å². The fraction of sp³-hybridized carbons (Fsp3) is 0.300. The Morgan fingerprint density at radius 3 is 2.59 bits per heavy atom. The number of aryl methyl sites for hydroxylation is 1. The van der Waals surface area contributed by atoms with E-state index in [1.807, 2.05) is 0 Å². The molecular formula is C10H13N2O4Y-. The minimum atomic E-state index is -1.18. The van der Waals surface area contributed by atoms with Gasteiger partial charge in [-0.05, 0) is 6.54 Å². The number of pyridine rings is 1. The van der Waals surface area contributed by atoms with Crippen molar-refractivity contribution in [3.8, 4) is 5.75 Å². The van der Waals surface area contributed by atoms with Crippen LogP contribution in [0, 0.1) is 13.5 Å². The number of hydrogen-bond acceptors (Lipinski definition) is 4. The summed E-state index contributed by atoms with van der Waals surface area (Å²) in [6.45, 7) is 2.45. The van der Waals surface area contributed by atoms with Crippen molar-refractivity contribution in [2.45, 2.75) is 6.92 Å². The normalized spacial score (nSPS) is 9.12. The van der Waals surface area contributed by atoms with Gasteiger partial charge < -0.3 is 24.5 Å². The van der Waals surface area contributed by atoms with Gasteiger partial charge in [-0.15, -0.1) is 0 Å². The van der Waals surface area contributed by atoms with Gasteiger partial charge in [0.2, 0.25) is 0 Å². The summed E-state index contributed by atoms with van der Waals surface area (Å²) in [5, 5.41) is 11.3. The molecule has 0 aromatic carbocycles. The number of carboxylic acids is 1. The first-order valence-corrected chi connectivity index (χ1v) is 4.57. The van der Waals surface area contributed by atoms with Crippen molar-refractivity contribution in [2.75, 3.05) is 19.5 Å². The predicted octanol–water partition coefficient (Wildman–Crippen LogP) is 0.299. The van der Waals surface area contributed by atoms with E-state index in [0.29, 0.717) is 11.4 Å². The summed E-state index contributed by atoms with van der Waals surface area (Å²) in [4.78, 5) is 22.4. The van der Waals surface area contributed by atoms with Gasteiger partial charge in [0.25, 0.3) is 5.97 Å². The Morgan fingerprint density at radius 1 is 1.59 bits per heavy atom. The summed E-state index contributed by atoms with van der Waals surface area (Å²) in [7, 11) is 3.01. The fourth-order valence-electron chi connectivity index (χ4n) is 1.38. The number of aliphatic carboxylic acids is 1. The van der Waals surface area contributed by atoms with Crippen LogP contribution in [0.2, 0.25) is 0 Å². The van der Waals surface area contributed by atoms with Crippen LogP contribution in [0.5, 0.6) is 5.75 Å². The minimum absolute atomic E-state index is 0. The van der Waals surface area contributed by atoms with Crippen LogP contribution < -0.4 is 15.6 Å². The summed E-state index contributed by atoms with van der Waals surface area (Å²) in [6, 6.07) is 1.59. The van der Waals surface area contributed by atoms with Gasteiger partial charge in [-0.25, -0.2) is 0 Å². The Bertz CT molecular complexity index is 470. The van der Waals surface area contributed by atoms with E-state index in [2.05, 4.69) is 5.32 Å². The number of hydrogen-bond donors (Lipinski definition) is 2. The zero-order valence-electron chi connectivity index (χ0n) is 9.85. The largest absolute Gasteiger partial charge is 0.497 e. The molecule has 7 heteroatoms. The fourth-order valence-corrected chi connectivity index (χ4v) is 1.38. The summed E-state index contributed by atoms with van der Waals surface area (Å²) in [6.07, 6.45) is 0. The molecule has 0 atom stereocenters. The molecule has 1 rings (SSSR count). The van der Waals surface area contributed by atoms with Gasteiger partial charge in [0.15, 0.2) is 5.56 Å². The molecule has 0 aliphatic rings. The van der Waals surface area contributed by atoms with Crippen molar-refractivity contribution in [3.63, 3.8) is 0 Å². The number of anilines is 1. The Balaban J connectivity index is 0.00000256. The number of carboxylic acid groups (broad SMARTS) is 1. The van der Waals surface area contributed by atoms with Gasteiger partial charge in [0, 0.05) is 39.8 Å². The van der Waals surface area contributed by atoms with Crippen LogP contribution in [0.3, 0.4) is 0 Å². The van der Waals surface area contributed by atoms with Crippen LogP contribution in [-0.2, 0) is 37.5 Å². The third-order valence-corrected chi connectivity index (χ3v) is 2.11. The second-order valence-corrected chi connectivity index (χ2v) is 3.12. The van der Waals surface area contributed by atoms with Crippen molar-refractivity contribution < 1.29 is 47.3 Å². The predicted molar refractivity (Wildman–Crippen MR) is 58.9 cm³/mol. The number of carbonyl (C=O) groups is 1. The summed E-state index contributed by atoms with van der Waals surface area (Å²) >= 11 is 0. The smallest absolute Gasteiger partial charge is 0.288 e. The van der Waals surface area contributed by atoms with Crippen molar-refractivity contribution in [1.29, 1.82) is 0 Å². The molecule has 6 nitrogen and oxygen atoms in total. The van der Waals surface area contributed by atoms with Crippen LogP contribution in [-0.4, -0.2) is 29.8 Å². The zero-order valence-corrected chi connectivity index (χ0v) is 12.7. The Hall–Kier alpha value is -1.01. The molecule has 0 saturated carbocycles. The molecule has 0 amide bonds. The van der Waals surface area contributed by atoms with Crippen LogP contribution in [0.15, 0.2) is 10.9 Å². The van der Waals surface area contributed by atoms with E-state index in [1.54, 1.807) is 20.0 Å². The molecule has 0 unspecified atom stereocenters. The molecule has 0 fully saturated rings. The third kappa shape index (κ3) is 3.47. The number of nitrogens with one attached hydrogen (secondary N) is 1. The molecule has 0 spiro atoms. The average molecular weight is 314 g/mol. The Morgan fingerprint density at radius 2 is 2.18 bits per heavy atom. The number of rotatable bonds is 4. The zero-order chi connectivity index (χ0) is 12.3. The number of methoxy groups -OCH3 is 1. The number of nitrogens with zero attached hydrogens (tertiary/aromatic N) is 1. The molecule has 1 aromatic rings. The second kappa shape index (κ2) is 6.66. The summed E-state index contributed by atoms with van der Waals surface area (Å²) < 4.78 is 6.07. The molecule has 17 heavy (non-hydrogen) atoms. The topological polar surface area (TPSA) is 80.6 Å². The first-order valence-electron chi connectivity index (χ1n) is 4.57. The van der Waals surface area contributed by atoms with Crippen LogP contribution in [0.25, 0.3) is 0 Å². The van der Waals surface area contributed by atoms with E-state index in [-0.39, 0.29) is 38.4 Å². The van der Waals surface area contributed by atoms with Gasteiger partial charge in [-0.3, -0.25) is 4.79 Å². The van der Waals surface area contributed by atoms with E-state index in [1.165, 1.54) is 7.11 Å². The standard InChI is InChI=1S/C10H13N2O4.Y/c1-6-4-7(16-3)9(11-2)10(15)12(6)5-8(13)14;/h4-5,11H,1-3H3,(H,13,14);/q-1;. The van der Waals surface area contributed by atoms with E-state index >= 15 is 0 Å². The minimum Gasteiger partial charge on any atom is -0.497 e. The Kier molecular flexibility index (Phi) is 6.27. The summed E-state index contributed by atoms with van der Waals surface area (Å²) in [5.74, 6) is -0.794. The molecule has 0 saturated heterocycles. The molecular weight excluding hydrogens is 301 g/mol. The third-order valence-electron chi connectivity index (χ3n) is 2.11. The Labute approximate surface area is 124 Å². The maximum Gasteiger partial charge on any atom is 0.288 e. The number of aromatic nitrogens is 1. The monoisotopic (exact) mass is 314 g/mol. The van der Waals surface area contributed by atoms with E-state index < -0.39 is 11.5 Å². The van der Waals surface area contributed by atoms with E-state index in [0.717, 1.165) is 11.1 Å². The average Bonchev–Trinajstić information content (AvgIpc) is 2.23. The first-order chi connectivity index (χ1) is 7.51. The van der Waals surface area contributed by atoms with E-state index in [4.69, 9.17) is 9.84 Å². The van der Waals surface area contributed by atoms with Gasteiger partial charge in [-0.1, -0.05) is 18.7 Å². The molecule has 1 heterocycles. The van der Waals surface area contributed by atoms with Crippen molar-refractivity contribution in [1.82, 2.24) is 4.57 Å². The quantitative estimate of drug-likeness (QED) is 0.781. The molecule has 2 N–H and O–H groups in total. The van der Waals surface area contributed by atoms with Crippen LogP contribution >= 0.6 is 0 Å². The molecule has 0 aliphatic heterocycles. The van der Waals surface area contributed by atoms with E-state index in [9.17, 15) is 9.59 Å². The molecule has 1 aromatic heterocycles. The SMILES string of the molecule is CNc1c(OC)cc(C)n([CH-]C(=O)O)c1=O.[Y]. The maximum absolute atomic E-state index is 11.9. The molecule has 1 radical (unpaired) electrons. The van der Waals surface area contributed by atoms with Gasteiger partial charge in [-0.2, -0.15) is 0 Å². The van der Waals surface area contributed by atoms with Gasteiger partial charge in [0.1, 0.15) is 5.75 Å². The number of ether oxygens (including phenoxy) is 1. The maximum atomic E-state index is 11.9. The van der Waals surface area contributed by atoms with Crippen molar-refractivity contribution >= 4 is 11.7 Å². The van der Waals surface area contributed by atoms with Gasteiger partial charge in [0.05, 0.1) is 12.8 Å². The second-order valence-electron chi connectivity index (χ2n) is 3.12. The van der Waals surface area contributed by atoms with Gasteiger partial charge >= 0.3 is 0 Å². The van der Waals surface area contributed by atoms with Crippen molar-refractivity contribution in [2.24, 2.45) is 0 Å². The van der Waals surface area contributed by atoms with Crippen LogP contribution in [0.4, 0.5) is 5.69 Å². The summed E-state index contributed by atoms with van der Waals surface area (Å²) in [5.41, 5.74) is 0.260. The van der Waals surface area contributed by atoms with Crippen LogP contribution in [0.1, 0.15) is 5.69 Å². The molecule has 0 aliphatic carbocycles. The molecule has 0 bridgehead atoms. The first kappa shape index (κ1) is 16.0. The molecule has 91 valence electrons.